The quantitative estimate of drug-likeness (QED) is 0.325. The zero-order valence-electron chi connectivity index (χ0n) is 18.3. The van der Waals surface area contributed by atoms with Gasteiger partial charge < -0.3 is 25.2 Å². The second kappa shape index (κ2) is 9.94. The van der Waals surface area contributed by atoms with Gasteiger partial charge >= 0.3 is 18.0 Å². The van der Waals surface area contributed by atoms with E-state index < -0.39 is 40.8 Å². The van der Waals surface area contributed by atoms with Crippen LogP contribution < -0.4 is 10.6 Å². The summed E-state index contributed by atoms with van der Waals surface area (Å²) in [5, 5.41) is 25.8. The highest BCUT2D eigenvalue weighted by Gasteiger charge is 2.37. The van der Waals surface area contributed by atoms with Gasteiger partial charge in [-0.05, 0) is 25.3 Å². The maximum atomic E-state index is 12.6. The Morgan fingerprint density at radius 1 is 1.22 bits per heavy atom. The molecule has 0 aromatic heterocycles. The van der Waals surface area contributed by atoms with Crippen molar-refractivity contribution in [3.63, 3.8) is 0 Å². The van der Waals surface area contributed by atoms with Crippen molar-refractivity contribution in [2.24, 2.45) is 5.92 Å². The molecule has 32 heavy (non-hydrogen) atoms. The van der Waals surface area contributed by atoms with Gasteiger partial charge in [-0.2, -0.15) is 0 Å². The molecule has 2 atom stereocenters. The number of hydrogen-bond donors (Lipinski definition) is 3. The van der Waals surface area contributed by atoms with Gasteiger partial charge in [0.2, 0.25) is 0 Å². The number of allylic oxidation sites excluding steroid dienone is 3. The molecular weight excluding hydrogens is 422 g/mol. The summed E-state index contributed by atoms with van der Waals surface area (Å²) < 4.78 is 10.3. The molecule has 0 spiro atoms. The van der Waals surface area contributed by atoms with Gasteiger partial charge in [-0.25, -0.2) is 14.4 Å². The fraction of sp³-hybridized carbons (Fsp3) is 0.381. The summed E-state index contributed by atoms with van der Waals surface area (Å²) in [6.45, 7) is 6.47. The van der Waals surface area contributed by atoms with Crippen molar-refractivity contribution in [3.8, 4) is 0 Å². The van der Waals surface area contributed by atoms with E-state index in [1.165, 1.54) is 25.3 Å². The normalized spacial score (nSPS) is 16.9. The summed E-state index contributed by atoms with van der Waals surface area (Å²) in [5.41, 5.74) is 0.999. The van der Waals surface area contributed by atoms with Crippen molar-refractivity contribution in [2.45, 2.75) is 39.7 Å². The van der Waals surface area contributed by atoms with Gasteiger partial charge in [-0.1, -0.05) is 26.0 Å². The summed E-state index contributed by atoms with van der Waals surface area (Å²) in [4.78, 5) is 47.2. The molecular formula is C21H25N3O8. The molecule has 0 fully saturated rings. The number of aliphatic carboxylic acids is 1. The average molecular weight is 447 g/mol. The molecule has 1 aliphatic rings. The molecule has 3 N–H and O–H groups in total. The van der Waals surface area contributed by atoms with E-state index in [0.717, 1.165) is 0 Å². The predicted octanol–water partition coefficient (Wildman–Crippen LogP) is 2.80. The largest absolute Gasteiger partial charge is 0.480 e. The third-order valence-corrected chi connectivity index (χ3v) is 4.93. The van der Waals surface area contributed by atoms with E-state index in [0.29, 0.717) is 17.0 Å². The molecule has 1 aliphatic heterocycles. The van der Waals surface area contributed by atoms with Crippen LogP contribution in [0.5, 0.6) is 0 Å². The van der Waals surface area contributed by atoms with E-state index in [2.05, 4.69) is 10.6 Å². The number of methoxy groups -OCH3 is 1. The highest BCUT2D eigenvalue weighted by Crippen LogP contribution is 2.40. The number of esters is 1. The fourth-order valence-corrected chi connectivity index (χ4v) is 3.40. The number of non-ortho nitro benzene ring substituents is 1. The van der Waals surface area contributed by atoms with Crippen LogP contribution in [0.15, 0.2) is 47.0 Å². The van der Waals surface area contributed by atoms with Gasteiger partial charge in [0, 0.05) is 17.8 Å². The van der Waals surface area contributed by atoms with E-state index in [1.807, 2.05) is 0 Å². The third-order valence-electron chi connectivity index (χ3n) is 4.93. The number of rotatable bonds is 7. The fourth-order valence-electron chi connectivity index (χ4n) is 3.40. The van der Waals surface area contributed by atoms with E-state index in [1.54, 1.807) is 33.8 Å². The Hall–Kier alpha value is -3.89. The second-order valence-electron chi connectivity index (χ2n) is 7.52. The number of carbonyl (C=O) groups excluding carboxylic acids is 2. The van der Waals surface area contributed by atoms with Crippen LogP contribution in [0.2, 0.25) is 0 Å². The van der Waals surface area contributed by atoms with Gasteiger partial charge in [-0.3, -0.25) is 10.1 Å². The van der Waals surface area contributed by atoms with Gasteiger partial charge in [0.25, 0.3) is 5.69 Å². The van der Waals surface area contributed by atoms with Crippen LogP contribution in [-0.4, -0.2) is 41.2 Å². The van der Waals surface area contributed by atoms with E-state index >= 15 is 0 Å². The van der Waals surface area contributed by atoms with E-state index in [-0.39, 0.29) is 17.0 Å². The molecule has 0 radical (unpaired) electrons. The van der Waals surface area contributed by atoms with Crippen molar-refractivity contribution in [2.75, 3.05) is 7.11 Å². The maximum absolute atomic E-state index is 12.6. The zero-order chi connectivity index (χ0) is 24.2. The Bertz CT molecular complexity index is 1010. The first kappa shape index (κ1) is 24.4. The first-order valence-electron chi connectivity index (χ1n) is 9.70. The van der Waals surface area contributed by atoms with Gasteiger partial charge in [0.15, 0.2) is 0 Å². The summed E-state index contributed by atoms with van der Waals surface area (Å²) in [6, 6.07) is 4.37. The number of carbonyl (C=O) groups is 3. The van der Waals surface area contributed by atoms with Crippen LogP contribution in [0.4, 0.5) is 10.5 Å². The molecule has 172 valence electrons. The van der Waals surface area contributed by atoms with Crippen LogP contribution in [-0.2, 0) is 19.1 Å². The topological polar surface area (TPSA) is 157 Å². The molecule has 1 aromatic carbocycles. The Labute approximate surface area is 184 Å². The molecule has 0 unspecified atom stereocenters. The molecule has 0 saturated carbocycles. The molecule has 11 heteroatoms. The van der Waals surface area contributed by atoms with Crippen molar-refractivity contribution in [1.29, 1.82) is 0 Å². The van der Waals surface area contributed by atoms with Crippen LogP contribution in [0, 0.1) is 16.0 Å². The first-order valence-corrected chi connectivity index (χ1v) is 9.70. The number of nitro groups is 1. The predicted molar refractivity (Wildman–Crippen MR) is 112 cm³/mol. The molecule has 0 aliphatic carbocycles. The number of benzene rings is 1. The number of carboxylic acid groups (broad SMARTS) is 1. The van der Waals surface area contributed by atoms with Crippen LogP contribution >= 0.6 is 0 Å². The number of hydrogen-bond acceptors (Lipinski definition) is 8. The van der Waals surface area contributed by atoms with Crippen molar-refractivity contribution < 1.29 is 33.9 Å². The van der Waals surface area contributed by atoms with Gasteiger partial charge in [0.05, 0.1) is 29.2 Å². The van der Waals surface area contributed by atoms with Crippen molar-refractivity contribution in [3.05, 3.63) is 62.7 Å². The Morgan fingerprint density at radius 2 is 1.88 bits per heavy atom. The Balaban J connectivity index is 2.53. The Morgan fingerprint density at radius 3 is 2.41 bits per heavy atom. The number of nitrogens with zero attached hydrogens (tertiary/aromatic N) is 1. The number of alkyl carbamates (subject to hydrolysis) is 1. The molecule has 1 heterocycles. The van der Waals surface area contributed by atoms with Crippen LogP contribution in [0.1, 0.15) is 39.2 Å². The smallest absolute Gasteiger partial charge is 0.413 e. The highest BCUT2D eigenvalue weighted by molar-refractivity contribution is 5.92. The van der Waals surface area contributed by atoms with E-state index in [9.17, 15) is 29.6 Å². The lowest BCUT2D eigenvalue weighted by atomic mass is 9.85. The Kier molecular flexibility index (Phi) is 7.58. The first-order chi connectivity index (χ1) is 15.0. The lowest BCUT2D eigenvalue weighted by Gasteiger charge is -2.30. The van der Waals surface area contributed by atoms with E-state index in [4.69, 9.17) is 9.47 Å². The number of ether oxygens (including phenoxy) is 2. The minimum absolute atomic E-state index is 0.0121. The summed E-state index contributed by atoms with van der Waals surface area (Å²) in [5.74, 6) is -3.38. The van der Waals surface area contributed by atoms with Crippen molar-refractivity contribution >= 4 is 23.7 Å². The van der Waals surface area contributed by atoms with Crippen LogP contribution in [0.3, 0.4) is 0 Å². The van der Waals surface area contributed by atoms with Gasteiger partial charge in [-0.15, -0.1) is 0 Å². The summed E-state index contributed by atoms with van der Waals surface area (Å²) in [6.07, 6.45) is -1.04. The SMILES string of the molecule is COC(=O)C1=C(C)NC(C)=C(OC(=O)N[C@@H](C(=O)O)C(C)C)[C@H]1c1cccc([N+](=O)[O-])c1. The second-order valence-corrected chi connectivity index (χ2v) is 7.52. The average Bonchev–Trinajstić information content (AvgIpc) is 2.72. The number of amides is 1. The highest BCUT2D eigenvalue weighted by atomic mass is 16.6. The van der Waals surface area contributed by atoms with Gasteiger partial charge in [0.1, 0.15) is 11.8 Å². The summed E-state index contributed by atoms with van der Waals surface area (Å²) >= 11 is 0. The zero-order valence-corrected chi connectivity index (χ0v) is 18.3. The lowest BCUT2D eigenvalue weighted by Crippen LogP contribution is -2.45. The summed E-state index contributed by atoms with van der Waals surface area (Å²) in [7, 11) is 1.19. The molecule has 0 saturated heterocycles. The number of carboxylic acids is 1. The minimum atomic E-state index is -1.23. The maximum Gasteiger partial charge on any atom is 0.413 e. The molecule has 1 amide bonds. The minimum Gasteiger partial charge on any atom is -0.480 e. The number of nitrogens with one attached hydrogen (secondary N) is 2. The molecule has 1 aromatic rings. The number of dihydropyridines is 1. The molecule has 11 nitrogen and oxygen atoms in total. The molecule has 2 rings (SSSR count). The third kappa shape index (κ3) is 5.23. The van der Waals surface area contributed by atoms with Crippen molar-refractivity contribution in [1.82, 2.24) is 10.6 Å². The standard InChI is InChI=1S/C21H25N3O8/c1-10(2)17(19(25)26)23-21(28)32-18-12(4)22-11(3)15(20(27)31-5)16(18)13-7-6-8-14(9-13)24(29)30/h6-10,16-17,22H,1-5H3,(H,23,28)(H,25,26)/t16-,17+/m0/s1. The monoisotopic (exact) mass is 447 g/mol. The van der Waals surface area contributed by atoms with Crippen LogP contribution in [0.25, 0.3) is 0 Å². The lowest BCUT2D eigenvalue weighted by molar-refractivity contribution is -0.384. The number of nitro benzene ring substituents is 1. The molecule has 0 bridgehead atoms.